The SMILES string of the molecule is C1CCC2(C1)CCC(CNN1CCOCC1)O2. The molecule has 2 heterocycles. The van der Waals surface area contributed by atoms with Crippen LogP contribution in [0.25, 0.3) is 0 Å². The van der Waals surface area contributed by atoms with Gasteiger partial charge in [0.15, 0.2) is 0 Å². The van der Waals surface area contributed by atoms with Gasteiger partial charge in [-0.3, -0.25) is 5.43 Å². The average Bonchev–Trinajstić information content (AvgIpc) is 2.99. The molecule has 1 atom stereocenters. The molecule has 98 valence electrons. The molecule has 3 aliphatic rings. The van der Waals surface area contributed by atoms with E-state index in [0.29, 0.717) is 6.10 Å². The second-order valence-corrected chi connectivity index (χ2v) is 5.63. The molecular formula is C13H24N2O2. The van der Waals surface area contributed by atoms with Gasteiger partial charge >= 0.3 is 0 Å². The highest BCUT2D eigenvalue weighted by Crippen LogP contribution is 2.43. The number of hydrogen-bond acceptors (Lipinski definition) is 4. The van der Waals surface area contributed by atoms with E-state index in [1.165, 1.54) is 38.5 Å². The molecule has 0 amide bonds. The van der Waals surface area contributed by atoms with Gasteiger partial charge in [0.1, 0.15) is 0 Å². The van der Waals surface area contributed by atoms with Crippen molar-refractivity contribution >= 4 is 0 Å². The number of nitrogens with zero attached hydrogens (tertiary/aromatic N) is 1. The molecule has 1 spiro atoms. The maximum atomic E-state index is 6.28. The highest BCUT2D eigenvalue weighted by molar-refractivity contribution is 4.93. The van der Waals surface area contributed by atoms with Crippen molar-refractivity contribution in [2.24, 2.45) is 0 Å². The summed E-state index contributed by atoms with van der Waals surface area (Å²) in [6.45, 7) is 4.67. The van der Waals surface area contributed by atoms with Crippen LogP contribution in [0, 0.1) is 0 Å². The summed E-state index contributed by atoms with van der Waals surface area (Å²) in [5.74, 6) is 0. The van der Waals surface area contributed by atoms with E-state index in [0.717, 1.165) is 32.8 Å². The molecule has 3 rings (SSSR count). The first kappa shape index (κ1) is 11.9. The second-order valence-electron chi connectivity index (χ2n) is 5.63. The van der Waals surface area contributed by atoms with Crippen LogP contribution in [0.1, 0.15) is 38.5 Å². The average molecular weight is 240 g/mol. The Morgan fingerprint density at radius 1 is 1.12 bits per heavy atom. The lowest BCUT2D eigenvalue weighted by atomic mass is 9.98. The van der Waals surface area contributed by atoms with Gasteiger partial charge in [-0.05, 0) is 25.7 Å². The molecule has 0 aromatic carbocycles. The molecule has 17 heavy (non-hydrogen) atoms. The fourth-order valence-corrected chi connectivity index (χ4v) is 3.38. The van der Waals surface area contributed by atoms with Crippen LogP contribution in [0.5, 0.6) is 0 Å². The standard InChI is InChI=1S/C13H24N2O2/c1-2-5-13(4-1)6-3-12(17-13)11-14-15-7-9-16-10-8-15/h12,14H,1-11H2. The van der Waals surface area contributed by atoms with E-state index in [2.05, 4.69) is 10.4 Å². The van der Waals surface area contributed by atoms with Crippen molar-refractivity contribution in [3.63, 3.8) is 0 Å². The highest BCUT2D eigenvalue weighted by atomic mass is 16.5. The molecular weight excluding hydrogens is 216 g/mol. The Balaban J connectivity index is 1.41. The van der Waals surface area contributed by atoms with Crippen LogP contribution in [0.3, 0.4) is 0 Å². The third kappa shape index (κ3) is 2.81. The number of hydrazine groups is 1. The van der Waals surface area contributed by atoms with Gasteiger partial charge in [-0.2, -0.15) is 0 Å². The lowest BCUT2D eigenvalue weighted by molar-refractivity contribution is -0.0493. The molecule has 4 heteroatoms. The zero-order valence-electron chi connectivity index (χ0n) is 10.6. The molecule has 0 aromatic heterocycles. The normalized spacial score (nSPS) is 33.5. The lowest BCUT2D eigenvalue weighted by Crippen LogP contribution is -2.48. The molecule has 2 aliphatic heterocycles. The molecule has 2 saturated heterocycles. The summed E-state index contributed by atoms with van der Waals surface area (Å²) >= 11 is 0. The van der Waals surface area contributed by atoms with Crippen molar-refractivity contribution in [2.75, 3.05) is 32.8 Å². The maximum absolute atomic E-state index is 6.28. The quantitative estimate of drug-likeness (QED) is 0.806. The van der Waals surface area contributed by atoms with Gasteiger partial charge in [-0.1, -0.05) is 12.8 Å². The third-order valence-electron chi connectivity index (χ3n) is 4.41. The van der Waals surface area contributed by atoms with E-state index in [9.17, 15) is 0 Å². The van der Waals surface area contributed by atoms with Gasteiger partial charge in [0, 0.05) is 19.6 Å². The Hall–Kier alpha value is -0.160. The van der Waals surface area contributed by atoms with Crippen molar-refractivity contribution in [2.45, 2.75) is 50.2 Å². The highest BCUT2D eigenvalue weighted by Gasteiger charge is 2.41. The number of hydrogen-bond donors (Lipinski definition) is 1. The summed E-state index contributed by atoms with van der Waals surface area (Å²) in [7, 11) is 0. The molecule has 1 unspecified atom stereocenters. The Kier molecular flexibility index (Phi) is 3.66. The zero-order valence-corrected chi connectivity index (χ0v) is 10.6. The summed E-state index contributed by atoms with van der Waals surface area (Å²) in [5.41, 5.74) is 3.77. The zero-order chi connectivity index (χ0) is 11.6. The van der Waals surface area contributed by atoms with E-state index >= 15 is 0 Å². The molecule has 1 N–H and O–H groups in total. The first-order chi connectivity index (χ1) is 8.36. The topological polar surface area (TPSA) is 33.7 Å². The molecule has 1 saturated carbocycles. The van der Waals surface area contributed by atoms with Gasteiger partial charge in [0.2, 0.25) is 0 Å². The van der Waals surface area contributed by atoms with Crippen LogP contribution in [0.15, 0.2) is 0 Å². The molecule has 0 aromatic rings. The van der Waals surface area contributed by atoms with Gasteiger partial charge in [-0.15, -0.1) is 0 Å². The Labute approximate surface area is 104 Å². The van der Waals surface area contributed by atoms with Gasteiger partial charge in [0.25, 0.3) is 0 Å². The third-order valence-corrected chi connectivity index (χ3v) is 4.41. The minimum absolute atomic E-state index is 0.275. The Morgan fingerprint density at radius 3 is 2.65 bits per heavy atom. The number of ether oxygens (including phenoxy) is 2. The summed E-state index contributed by atoms with van der Waals surface area (Å²) < 4.78 is 11.6. The fourth-order valence-electron chi connectivity index (χ4n) is 3.38. The van der Waals surface area contributed by atoms with Gasteiger partial charge in [0.05, 0.1) is 24.9 Å². The summed E-state index contributed by atoms with van der Waals surface area (Å²) in [4.78, 5) is 0. The van der Waals surface area contributed by atoms with E-state index in [4.69, 9.17) is 9.47 Å². The summed E-state index contributed by atoms with van der Waals surface area (Å²) in [5, 5.41) is 2.27. The number of nitrogens with one attached hydrogen (secondary N) is 1. The van der Waals surface area contributed by atoms with Crippen LogP contribution in [0.2, 0.25) is 0 Å². The molecule has 0 radical (unpaired) electrons. The van der Waals surface area contributed by atoms with Crippen molar-refractivity contribution in [3.8, 4) is 0 Å². The number of rotatable bonds is 3. The largest absolute Gasteiger partial charge is 0.379 e. The maximum Gasteiger partial charge on any atom is 0.0722 e. The van der Waals surface area contributed by atoms with Gasteiger partial charge in [-0.25, -0.2) is 5.01 Å². The minimum Gasteiger partial charge on any atom is -0.379 e. The first-order valence-electron chi connectivity index (χ1n) is 7.10. The summed E-state index contributed by atoms with van der Waals surface area (Å²) in [6.07, 6.45) is 8.26. The monoisotopic (exact) mass is 240 g/mol. The van der Waals surface area contributed by atoms with E-state index in [1.54, 1.807) is 0 Å². The van der Waals surface area contributed by atoms with Crippen LogP contribution in [0.4, 0.5) is 0 Å². The first-order valence-corrected chi connectivity index (χ1v) is 7.10. The minimum atomic E-state index is 0.275. The number of morpholine rings is 1. The smallest absolute Gasteiger partial charge is 0.0722 e. The second kappa shape index (κ2) is 5.22. The molecule has 1 aliphatic carbocycles. The molecule has 0 bridgehead atoms. The van der Waals surface area contributed by atoms with Gasteiger partial charge < -0.3 is 9.47 Å². The fraction of sp³-hybridized carbons (Fsp3) is 1.00. The van der Waals surface area contributed by atoms with E-state index in [-0.39, 0.29) is 5.60 Å². The van der Waals surface area contributed by atoms with Crippen LogP contribution in [-0.2, 0) is 9.47 Å². The predicted octanol–water partition coefficient (Wildman–Crippen LogP) is 1.31. The van der Waals surface area contributed by atoms with Crippen LogP contribution < -0.4 is 5.43 Å². The van der Waals surface area contributed by atoms with Crippen molar-refractivity contribution < 1.29 is 9.47 Å². The summed E-state index contributed by atoms with van der Waals surface area (Å²) in [6, 6.07) is 0. The van der Waals surface area contributed by atoms with Crippen LogP contribution >= 0.6 is 0 Å². The predicted molar refractivity (Wildman–Crippen MR) is 65.7 cm³/mol. The molecule has 3 fully saturated rings. The molecule has 4 nitrogen and oxygen atoms in total. The Morgan fingerprint density at radius 2 is 1.88 bits per heavy atom. The van der Waals surface area contributed by atoms with Crippen molar-refractivity contribution in [1.29, 1.82) is 0 Å². The van der Waals surface area contributed by atoms with Crippen LogP contribution in [-0.4, -0.2) is 49.6 Å². The van der Waals surface area contributed by atoms with Crippen molar-refractivity contribution in [1.82, 2.24) is 10.4 Å². The lowest BCUT2D eigenvalue weighted by Gasteiger charge is -2.29. The van der Waals surface area contributed by atoms with Crippen molar-refractivity contribution in [3.05, 3.63) is 0 Å². The Bertz CT molecular complexity index is 248. The van der Waals surface area contributed by atoms with E-state index in [1.807, 2.05) is 0 Å². The van der Waals surface area contributed by atoms with E-state index < -0.39 is 0 Å².